The molecule has 0 spiro atoms. The van der Waals surface area contributed by atoms with E-state index in [0.29, 0.717) is 12.7 Å². The number of hydrogen-bond acceptors (Lipinski definition) is 4. The minimum Gasteiger partial charge on any atom is -0.377 e. The topological polar surface area (TPSA) is 36.9 Å². The predicted octanol–water partition coefficient (Wildman–Crippen LogP) is 1.08. The Balaban J connectivity index is 3.76. The van der Waals surface area contributed by atoms with Crippen molar-refractivity contribution >= 4 is 20.4 Å². The van der Waals surface area contributed by atoms with Gasteiger partial charge in [-0.15, -0.1) is 0 Å². The lowest BCUT2D eigenvalue weighted by Gasteiger charge is -2.23. The van der Waals surface area contributed by atoms with E-state index in [4.69, 9.17) is 29.6 Å². The first kappa shape index (κ1) is 12.3. The third-order valence-corrected chi connectivity index (χ3v) is 4.40. The molecule has 0 aromatic heterocycles. The van der Waals surface area contributed by atoms with Crippen molar-refractivity contribution < 1.29 is 18.0 Å². The second-order valence-electron chi connectivity index (χ2n) is 2.06. The summed E-state index contributed by atoms with van der Waals surface area (Å²) in [6, 6.07) is 0.796. The van der Waals surface area contributed by atoms with Gasteiger partial charge in [0.1, 0.15) is 6.07 Å². The van der Waals surface area contributed by atoms with E-state index < -0.39 is 8.80 Å². The van der Waals surface area contributed by atoms with Crippen molar-refractivity contribution in [1.29, 1.82) is 0 Å². The van der Waals surface area contributed by atoms with E-state index in [1.165, 1.54) is 0 Å². The minimum absolute atomic E-state index is 0.182. The van der Waals surface area contributed by atoms with Crippen LogP contribution in [0.25, 0.3) is 0 Å². The summed E-state index contributed by atoms with van der Waals surface area (Å²) in [6.45, 7) is 0.491. The highest BCUT2D eigenvalue weighted by Crippen LogP contribution is 2.12. The van der Waals surface area contributed by atoms with Crippen LogP contribution in [-0.2, 0) is 18.0 Å². The van der Waals surface area contributed by atoms with Crippen molar-refractivity contribution in [2.45, 2.75) is 6.04 Å². The molecule has 0 amide bonds. The van der Waals surface area contributed by atoms with Crippen LogP contribution in [0.3, 0.4) is 0 Å². The largest absolute Gasteiger partial charge is 0.502 e. The molecule has 12 heavy (non-hydrogen) atoms. The first-order chi connectivity index (χ1) is 5.74. The molecular formula is C6H15ClO4Si. The summed E-state index contributed by atoms with van der Waals surface area (Å²) < 4.78 is 20.4. The number of rotatable bonds is 7. The average molecular weight is 215 g/mol. The van der Waals surface area contributed by atoms with Gasteiger partial charge in [0.15, 0.2) is 0 Å². The summed E-state index contributed by atoms with van der Waals surface area (Å²) >= 11 is 5.33. The molecule has 0 heterocycles. The van der Waals surface area contributed by atoms with E-state index in [9.17, 15) is 0 Å². The molecule has 74 valence electrons. The Labute approximate surface area is 79.1 Å². The van der Waals surface area contributed by atoms with Gasteiger partial charge in [0.25, 0.3) is 0 Å². The Bertz CT molecular complexity index is 101. The van der Waals surface area contributed by atoms with Gasteiger partial charge >= 0.3 is 8.80 Å². The molecule has 0 aliphatic carbocycles. The molecule has 0 bridgehead atoms. The molecule has 0 aliphatic heterocycles. The molecule has 0 N–H and O–H groups in total. The summed E-state index contributed by atoms with van der Waals surface area (Å²) in [4.78, 5) is 0. The molecule has 0 atom stereocenters. The van der Waals surface area contributed by atoms with Gasteiger partial charge in [-0.1, -0.05) is 11.6 Å². The predicted molar refractivity (Wildman–Crippen MR) is 48.3 cm³/mol. The van der Waals surface area contributed by atoms with E-state index >= 15 is 0 Å². The highest BCUT2D eigenvalue weighted by Gasteiger charge is 2.37. The quantitative estimate of drug-likeness (QED) is 0.361. The van der Waals surface area contributed by atoms with Crippen LogP contribution in [-0.4, -0.2) is 42.8 Å². The molecule has 6 heteroatoms. The average Bonchev–Trinajstić information content (AvgIpc) is 2.14. The lowest BCUT2D eigenvalue weighted by Crippen LogP contribution is -2.43. The van der Waals surface area contributed by atoms with Gasteiger partial charge in [0, 0.05) is 27.4 Å². The minimum atomic E-state index is -2.44. The number of ether oxygens (including phenoxy) is 1. The lowest BCUT2D eigenvalue weighted by atomic mass is 10.9. The first-order valence-corrected chi connectivity index (χ1v) is 6.00. The summed E-state index contributed by atoms with van der Waals surface area (Å²) in [6.07, 6.45) is 0. The summed E-state index contributed by atoms with van der Waals surface area (Å²) in [5.74, 6) is 0. The van der Waals surface area contributed by atoms with Crippen LogP contribution in [0, 0.1) is 0 Å². The normalized spacial score (nSPS) is 12.0. The van der Waals surface area contributed by atoms with Gasteiger partial charge < -0.3 is 18.0 Å². The van der Waals surface area contributed by atoms with Crippen molar-refractivity contribution in [3.8, 4) is 0 Å². The van der Waals surface area contributed by atoms with Crippen LogP contribution in [0.2, 0.25) is 6.04 Å². The Morgan fingerprint density at radius 2 is 1.58 bits per heavy atom. The number of halogens is 1. The summed E-state index contributed by atoms with van der Waals surface area (Å²) in [5, 5.41) is 0. The van der Waals surface area contributed by atoms with Gasteiger partial charge in [-0.2, -0.15) is 0 Å². The fourth-order valence-corrected chi connectivity index (χ4v) is 2.42. The fraction of sp³-hybridized carbons (Fsp3) is 1.00. The lowest BCUT2D eigenvalue weighted by molar-refractivity contribution is 0.106. The van der Waals surface area contributed by atoms with E-state index in [0.717, 1.165) is 0 Å². The number of alkyl halides is 1. The fourth-order valence-electron chi connectivity index (χ4n) is 0.808. The van der Waals surface area contributed by atoms with Crippen molar-refractivity contribution in [2.75, 3.05) is 34.0 Å². The van der Waals surface area contributed by atoms with Crippen LogP contribution >= 0.6 is 11.6 Å². The third-order valence-electron chi connectivity index (χ3n) is 1.56. The molecular weight excluding hydrogens is 200 g/mol. The molecule has 0 aromatic rings. The van der Waals surface area contributed by atoms with Gasteiger partial charge in [0.2, 0.25) is 0 Å². The van der Waals surface area contributed by atoms with E-state index in [2.05, 4.69) is 0 Å². The van der Waals surface area contributed by atoms with Crippen LogP contribution in [0.15, 0.2) is 0 Å². The van der Waals surface area contributed by atoms with Crippen molar-refractivity contribution in [2.24, 2.45) is 0 Å². The molecule has 0 rings (SSSR count). The van der Waals surface area contributed by atoms with E-state index in [1.54, 1.807) is 21.3 Å². The number of hydrogen-bond donors (Lipinski definition) is 0. The molecule has 0 aliphatic rings. The Kier molecular flexibility index (Phi) is 7.02. The van der Waals surface area contributed by atoms with E-state index in [1.807, 2.05) is 0 Å². The Morgan fingerprint density at radius 1 is 1.08 bits per heavy atom. The summed E-state index contributed by atoms with van der Waals surface area (Å²) in [7, 11) is 2.27. The van der Waals surface area contributed by atoms with Crippen molar-refractivity contribution in [1.82, 2.24) is 0 Å². The maximum atomic E-state index is 5.33. The third kappa shape index (κ3) is 3.84. The molecule has 0 unspecified atom stereocenters. The molecule has 0 saturated heterocycles. The Hall–Kier alpha value is 0.347. The maximum absolute atomic E-state index is 5.33. The zero-order valence-electron chi connectivity index (χ0n) is 7.63. The van der Waals surface area contributed by atoms with Gasteiger partial charge in [0.05, 0.1) is 6.61 Å². The Morgan fingerprint density at radius 3 is 1.92 bits per heavy atom. The second-order valence-corrected chi connectivity index (χ2v) is 5.37. The standard InChI is InChI=1S/C6H15ClO4Si/c1-8-12(9-2,10-3)5-4-11-6-7/h4-6H2,1-3H3. The van der Waals surface area contributed by atoms with Crippen LogP contribution in [0.5, 0.6) is 0 Å². The molecule has 0 fully saturated rings. The zero-order valence-corrected chi connectivity index (χ0v) is 9.39. The maximum Gasteiger partial charge on any atom is 0.502 e. The monoisotopic (exact) mass is 214 g/mol. The van der Waals surface area contributed by atoms with Crippen LogP contribution in [0.4, 0.5) is 0 Å². The second kappa shape index (κ2) is 6.82. The molecule has 0 radical (unpaired) electrons. The van der Waals surface area contributed by atoms with Crippen molar-refractivity contribution in [3.63, 3.8) is 0 Å². The molecule has 4 nitrogen and oxygen atoms in total. The molecule has 0 aromatic carbocycles. The first-order valence-electron chi connectivity index (χ1n) is 3.54. The van der Waals surface area contributed by atoms with Crippen LogP contribution < -0.4 is 0 Å². The smallest absolute Gasteiger partial charge is 0.377 e. The van der Waals surface area contributed by atoms with Crippen molar-refractivity contribution in [3.05, 3.63) is 0 Å². The van der Waals surface area contributed by atoms with Gasteiger partial charge in [-0.25, -0.2) is 0 Å². The van der Waals surface area contributed by atoms with Gasteiger partial charge in [-0.3, -0.25) is 0 Å². The van der Waals surface area contributed by atoms with Gasteiger partial charge in [-0.05, 0) is 0 Å². The van der Waals surface area contributed by atoms with E-state index in [-0.39, 0.29) is 6.07 Å². The highest BCUT2D eigenvalue weighted by molar-refractivity contribution is 6.60. The summed E-state index contributed by atoms with van der Waals surface area (Å²) in [5.41, 5.74) is 0. The SMILES string of the molecule is CO[Si](CCOCCl)(OC)OC. The zero-order chi connectivity index (χ0) is 9.45. The highest BCUT2D eigenvalue weighted by atomic mass is 35.5. The molecule has 0 saturated carbocycles. The van der Waals surface area contributed by atoms with Crippen LogP contribution in [0.1, 0.15) is 0 Å².